The maximum absolute atomic E-state index is 11.8. The summed E-state index contributed by atoms with van der Waals surface area (Å²) in [6.45, 7) is 4.19. The molecule has 0 saturated heterocycles. The molecule has 0 spiro atoms. The van der Waals surface area contributed by atoms with Gasteiger partial charge in [0.1, 0.15) is 5.75 Å². The second-order valence-corrected chi connectivity index (χ2v) is 4.51. The fraction of sp³-hybridized carbons (Fsp3) is 0.429. The summed E-state index contributed by atoms with van der Waals surface area (Å²) < 4.78 is 4.46. The highest BCUT2D eigenvalue weighted by Gasteiger charge is 2.12. The summed E-state index contributed by atoms with van der Waals surface area (Å²) in [7, 11) is 1.29. The monoisotopic (exact) mass is 265 g/mol. The summed E-state index contributed by atoms with van der Waals surface area (Å²) in [6.07, 6.45) is 0.104. The number of hydrogen-bond donors (Lipinski definition) is 2. The quantitative estimate of drug-likeness (QED) is 0.796. The first-order valence-electron chi connectivity index (χ1n) is 6.13. The first-order valence-corrected chi connectivity index (χ1v) is 6.13. The van der Waals surface area contributed by atoms with Crippen molar-refractivity contribution in [2.75, 3.05) is 13.7 Å². The van der Waals surface area contributed by atoms with Crippen LogP contribution >= 0.6 is 0 Å². The van der Waals surface area contributed by atoms with Gasteiger partial charge in [-0.15, -0.1) is 0 Å². The zero-order valence-electron chi connectivity index (χ0n) is 11.4. The molecule has 5 heteroatoms. The van der Waals surface area contributed by atoms with Crippen molar-refractivity contribution in [1.82, 2.24) is 5.32 Å². The predicted molar refractivity (Wildman–Crippen MR) is 71.2 cm³/mol. The van der Waals surface area contributed by atoms with Gasteiger partial charge in [0.15, 0.2) is 0 Å². The number of amides is 1. The molecule has 0 heterocycles. The van der Waals surface area contributed by atoms with Crippen molar-refractivity contribution < 1.29 is 19.4 Å². The topological polar surface area (TPSA) is 75.6 Å². The van der Waals surface area contributed by atoms with Gasteiger partial charge < -0.3 is 15.2 Å². The predicted octanol–water partition coefficient (Wildman–Crippen LogP) is 1.81. The van der Waals surface area contributed by atoms with E-state index in [2.05, 4.69) is 10.1 Å². The number of benzene rings is 1. The van der Waals surface area contributed by atoms with Gasteiger partial charge in [-0.2, -0.15) is 0 Å². The summed E-state index contributed by atoms with van der Waals surface area (Å²) in [4.78, 5) is 22.7. The molecule has 0 aliphatic heterocycles. The number of hydrogen-bond acceptors (Lipinski definition) is 4. The van der Waals surface area contributed by atoms with Crippen LogP contribution in [0.3, 0.4) is 0 Å². The van der Waals surface area contributed by atoms with Crippen LogP contribution in [-0.2, 0) is 9.53 Å². The Morgan fingerprint density at radius 1 is 1.37 bits per heavy atom. The minimum atomic E-state index is -0.406. The number of phenols is 1. The van der Waals surface area contributed by atoms with E-state index in [9.17, 15) is 14.7 Å². The molecule has 19 heavy (non-hydrogen) atoms. The van der Waals surface area contributed by atoms with E-state index in [0.717, 1.165) is 5.56 Å². The van der Waals surface area contributed by atoms with Crippen molar-refractivity contribution in [3.8, 4) is 5.75 Å². The Morgan fingerprint density at radius 2 is 2.05 bits per heavy atom. The molecule has 1 amide bonds. The molecule has 0 aromatic heterocycles. The molecule has 0 saturated carbocycles. The summed E-state index contributed by atoms with van der Waals surface area (Å²) in [5, 5.41) is 12.4. The van der Waals surface area contributed by atoms with E-state index in [1.807, 2.05) is 13.8 Å². The first kappa shape index (κ1) is 15.0. The fourth-order valence-corrected chi connectivity index (χ4v) is 1.58. The molecular formula is C14H19NO4. The molecule has 2 N–H and O–H groups in total. The minimum Gasteiger partial charge on any atom is -0.507 e. The second-order valence-electron chi connectivity index (χ2n) is 4.51. The Kier molecular flexibility index (Phi) is 5.36. The van der Waals surface area contributed by atoms with Gasteiger partial charge in [-0.1, -0.05) is 19.9 Å². The van der Waals surface area contributed by atoms with E-state index in [-0.39, 0.29) is 36.2 Å². The van der Waals surface area contributed by atoms with Crippen molar-refractivity contribution in [2.24, 2.45) is 0 Å². The van der Waals surface area contributed by atoms with Crippen molar-refractivity contribution in [2.45, 2.75) is 26.2 Å². The molecule has 0 atom stereocenters. The van der Waals surface area contributed by atoms with Gasteiger partial charge in [-0.05, 0) is 23.6 Å². The number of esters is 1. The van der Waals surface area contributed by atoms with Crippen LogP contribution < -0.4 is 5.32 Å². The Hall–Kier alpha value is -2.04. The lowest BCUT2D eigenvalue weighted by Gasteiger charge is -2.10. The molecule has 0 aliphatic carbocycles. The third-order valence-corrected chi connectivity index (χ3v) is 2.78. The molecule has 1 aromatic carbocycles. The molecule has 1 aromatic rings. The van der Waals surface area contributed by atoms with E-state index >= 15 is 0 Å². The molecule has 0 fully saturated rings. The molecule has 1 rings (SSSR count). The average molecular weight is 265 g/mol. The number of methoxy groups -OCH3 is 1. The zero-order valence-corrected chi connectivity index (χ0v) is 11.4. The van der Waals surface area contributed by atoms with Crippen molar-refractivity contribution in [3.05, 3.63) is 29.3 Å². The van der Waals surface area contributed by atoms with Crippen LogP contribution in [0.25, 0.3) is 0 Å². The molecule has 104 valence electrons. The van der Waals surface area contributed by atoms with Crippen LogP contribution in [0.5, 0.6) is 5.75 Å². The number of carbonyl (C=O) groups excluding carboxylic acids is 2. The van der Waals surface area contributed by atoms with E-state index in [0.29, 0.717) is 0 Å². The standard InChI is InChI=1S/C14H19NO4/c1-9(2)10-4-5-11(12(16)8-10)14(18)15-7-6-13(17)19-3/h4-5,8-9,16H,6-7H2,1-3H3,(H,15,18). The van der Waals surface area contributed by atoms with Crippen molar-refractivity contribution in [1.29, 1.82) is 0 Å². The van der Waals surface area contributed by atoms with Gasteiger partial charge in [0.05, 0.1) is 19.1 Å². The van der Waals surface area contributed by atoms with Crippen LogP contribution in [-0.4, -0.2) is 30.6 Å². The Morgan fingerprint density at radius 3 is 2.58 bits per heavy atom. The van der Waals surface area contributed by atoms with Crippen LogP contribution in [0.1, 0.15) is 42.1 Å². The van der Waals surface area contributed by atoms with Gasteiger partial charge in [-0.3, -0.25) is 9.59 Å². The van der Waals surface area contributed by atoms with E-state index in [1.54, 1.807) is 18.2 Å². The highest BCUT2D eigenvalue weighted by atomic mass is 16.5. The maximum atomic E-state index is 11.8. The zero-order chi connectivity index (χ0) is 14.4. The lowest BCUT2D eigenvalue weighted by Crippen LogP contribution is -2.26. The first-order chi connectivity index (χ1) is 8.95. The molecule has 0 bridgehead atoms. The number of phenolic OH excluding ortho intramolecular Hbond substituents is 1. The van der Waals surface area contributed by atoms with E-state index in [1.165, 1.54) is 7.11 Å². The summed E-state index contributed by atoms with van der Waals surface area (Å²) in [5.41, 5.74) is 1.16. The average Bonchev–Trinajstić information content (AvgIpc) is 2.37. The molecule has 5 nitrogen and oxygen atoms in total. The minimum absolute atomic E-state index is 0.0539. The van der Waals surface area contributed by atoms with Crippen LogP contribution in [0.4, 0.5) is 0 Å². The number of aromatic hydroxyl groups is 1. The highest BCUT2D eigenvalue weighted by Crippen LogP contribution is 2.23. The normalized spacial score (nSPS) is 10.3. The van der Waals surface area contributed by atoms with Gasteiger partial charge in [0, 0.05) is 6.54 Å². The highest BCUT2D eigenvalue weighted by molar-refractivity contribution is 5.97. The van der Waals surface area contributed by atoms with Gasteiger partial charge in [-0.25, -0.2) is 0 Å². The number of ether oxygens (including phenoxy) is 1. The molecule has 0 radical (unpaired) electrons. The van der Waals surface area contributed by atoms with E-state index in [4.69, 9.17) is 0 Å². The second kappa shape index (κ2) is 6.78. The Bertz CT molecular complexity index is 469. The largest absolute Gasteiger partial charge is 0.507 e. The van der Waals surface area contributed by atoms with Crippen molar-refractivity contribution in [3.63, 3.8) is 0 Å². The third kappa shape index (κ3) is 4.28. The Balaban J connectivity index is 2.65. The van der Waals surface area contributed by atoms with Crippen LogP contribution in [0.2, 0.25) is 0 Å². The number of nitrogens with one attached hydrogen (secondary N) is 1. The van der Waals surface area contributed by atoms with Crippen LogP contribution in [0, 0.1) is 0 Å². The fourth-order valence-electron chi connectivity index (χ4n) is 1.58. The molecule has 0 unspecified atom stereocenters. The lowest BCUT2D eigenvalue weighted by atomic mass is 10.0. The third-order valence-electron chi connectivity index (χ3n) is 2.78. The van der Waals surface area contributed by atoms with Gasteiger partial charge in [0.2, 0.25) is 0 Å². The SMILES string of the molecule is COC(=O)CCNC(=O)c1ccc(C(C)C)cc1O. The summed E-state index contributed by atoms with van der Waals surface area (Å²) in [5.74, 6) is -0.569. The van der Waals surface area contributed by atoms with Crippen LogP contribution in [0.15, 0.2) is 18.2 Å². The number of carbonyl (C=O) groups is 2. The Labute approximate surface area is 112 Å². The van der Waals surface area contributed by atoms with Crippen molar-refractivity contribution >= 4 is 11.9 Å². The summed E-state index contributed by atoms with van der Waals surface area (Å²) in [6, 6.07) is 4.97. The van der Waals surface area contributed by atoms with E-state index < -0.39 is 5.91 Å². The van der Waals surface area contributed by atoms with Gasteiger partial charge in [0.25, 0.3) is 5.91 Å². The maximum Gasteiger partial charge on any atom is 0.307 e. The smallest absolute Gasteiger partial charge is 0.307 e. The summed E-state index contributed by atoms with van der Waals surface area (Å²) >= 11 is 0. The van der Waals surface area contributed by atoms with Gasteiger partial charge >= 0.3 is 5.97 Å². The lowest BCUT2D eigenvalue weighted by molar-refractivity contribution is -0.140. The molecule has 0 aliphatic rings. The molecular weight excluding hydrogens is 246 g/mol. The number of rotatable bonds is 5.